The standard InChI is InChI=1S/C14H26N2/c1-11-9-16(10-12(11)15)13-5-8-14(13)6-3-2-4-7-14/h11-13H,2-10,15H2,1H3. The fraction of sp³-hybridized carbons (Fsp3) is 1.00. The number of nitrogens with zero attached hydrogens (tertiary/aromatic N) is 1. The highest BCUT2D eigenvalue weighted by atomic mass is 15.2. The summed E-state index contributed by atoms with van der Waals surface area (Å²) < 4.78 is 0. The lowest BCUT2D eigenvalue weighted by atomic mass is 9.57. The SMILES string of the molecule is CC1CN(C2CCC23CCCCC3)CC1N. The lowest BCUT2D eigenvalue weighted by Gasteiger charge is -2.55. The van der Waals surface area contributed by atoms with Crippen molar-refractivity contribution in [2.24, 2.45) is 17.1 Å². The minimum absolute atomic E-state index is 0.432. The van der Waals surface area contributed by atoms with Crippen molar-refractivity contribution in [2.75, 3.05) is 13.1 Å². The molecule has 92 valence electrons. The van der Waals surface area contributed by atoms with Crippen molar-refractivity contribution < 1.29 is 0 Å². The highest BCUT2D eigenvalue weighted by Crippen LogP contribution is 2.54. The molecule has 0 bridgehead atoms. The fourth-order valence-electron chi connectivity index (χ4n) is 4.38. The molecule has 16 heavy (non-hydrogen) atoms. The predicted octanol–water partition coefficient (Wildman–Crippen LogP) is 2.38. The summed E-state index contributed by atoms with van der Waals surface area (Å²) in [7, 11) is 0. The van der Waals surface area contributed by atoms with Crippen LogP contribution in [0.4, 0.5) is 0 Å². The zero-order valence-electron chi connectivity index (χ0n) is 10.6. The van der Waals surface area contributed by atoms with Crippen molar-refractivity contribution in [3.05, 3.63) is 0 Å². The molecule has 1 spiro atoms. The number of hydrogen-bond acceptors (Lipinski definition) is 2. The van der Waals surface area contributed by atoms with Gasteiger partial charge in [-0.25, -0.2) is 0 Å². The molecule has 3 rings (SSSR count). The maximum Gasteiger partial charge on any atom is 0.0206 e. The largest absolute Gasteiger partial charge is 0.326 e. The topological polar surface area (TPSA) is 29.3 Å². The lowest BCUT2D eigenvalue weighted by molar-refractivity contribution is -0.0445. The third kappa shape index (κ3) is 1.62. The van der Waals surface area contributed by atoms with Gasteiger partial charge in [0.2, 0.25) is 0 Å². The van der Waals surface area contributed by atoms with E-state index in [2.05, 4.69) is 11.8 Å². The van der Waals surface area contributed by atoms with E-state index in [0.29, 0.717) is 12.0 Å². The monoisotopic (exact) mass is 222 g/mol. The van der Waals surface area contributed by atoms with Gasteiger partial charge in [-0.3, -0.25) is 4.90 Å². The van der Waals surface area contributed by atoms with Crippen LogP contribution < -0.4 is 5.73 Å². The van der Waals surface area contributed by atoms with Crippen molar-refractivity contribution >= 4 is 0 Å². The molecule has 1 aliphatic heterocycles. The van der Waals surface area contributed by atoms with Gasteiger partial charge >= 0.3 is 0 Å². The van der Waals surface area contributed by atoms with Crippen molar-refractivity contribution in [1.82, 2.24) is 4.90 Å². The summed E-state index contributed by atoms with van der Waals surface area (Å²) in [6, 6.07) is 1.32. The normalized spacial score (nSPS) is 43.5. The molecule has 2 N–H and O–H groups in total. The maximum absolute atomic E-state index is 6.16. The summed E-state index contributed by atoms with van der Waals surface area (Å²) in [6.07, 6.45) is 10.4. The first kappa shape index (κ1) is 11.0. The molecule has 3 fully saturated rings. The molecule has 0 aromatic heterocycles. The van der Waals surface area contributed by atoms with Gasteiger partial charge in [-0.2, -0.15) is 0 Å². The first-order valence-electron chi connectivity index (χ1n) is 7.21. The van der Waals surface area contributed by atoms with Crippen molar-refractivity contribution in [3.8, 4) is 0 Å². The van der Waals surface area contributed by atoms with Crippen molar-refractivity contribution in [3.63, 3.8) is 0 Å². The molecular weight excluding hydrogens is 196 g/mol. The van der Waals surface area contributed by atoms with Crippen LogP contribution in [0.5, 0.6) is 0 Å². The predicted molar refractivity (Wildman–Crippen MR) is 67.3 cm³/mol. The van der Waals surface area contributed by atoms with Crippen LogP contribution >= 0.6 is 0 Å². The molecule has 3 unspecified atom stereocenters. The van der Waals surface area contributed by atoms with Crippen LogP contribution in [0.15, 0.2) is 0 Å². The molecule has 2 heteroatoms. The van der Waals surface area contributed by atoms with E-state index in [-0.39, 0.29) is 0 Å². The van der Waals surface area contributed by atoms with E-state index >= 15 is 0 Å². The molecule has 0 aromatic rings. The zero-order valence-corrected chi connectivity index (χ0v) is 10.6. The van der Waals surface area contributed by atoms with Crippen LogP contribution in [0.1, 0.15) is 51.9 Å². The summed E-state index contributed by atoms with van der Waals surface area (Å²) in [4.78, 5) is 2.73. The molecule has 1 heterocycles. The number of hydrogen-bond donors (Lipinski definition) is 1. The van der Waals surface area contributed by atoms with Crippen LogP contribution in [0, 0.1) is 11.3 Å². The Morgan fingerprint density at radius 3 is 2.31 bits per heavy atom. The maximum atomic E-state index is 6.16. The minimum Gasteiger partial charge on any atom is -0.326 e. The number of likely N-dealkylation sites (tertiary alicyclic amines) is 1. The van der Waals surface area contributed by atoms with Crippen LogP contribution in [0.2, 0.25) is 0 Å². The van der Waals surface area contributed by atoms with Crippen LogP contribution in [-0.4, -0.2) is 30.1 Å². The second-order valence-corrected chi connectivity index (χ2v) is 6.57. The molecule has 2 saturated carbocycles. The first-order valence-corrected chi connectivity index (χ1v) is 7.21. The molecule has 0 aromatic carbocycles. The number of rotatable bonds is 1. The van der Waals surface area contributed by atoms with Crippen molar-refractivity contribution in [2.45, 2.75) is 64.0 Å². The molecule has 0 amide bonds. The summed E-state index contributed by atoms with van der Waals surface area (Å²) in [6.45, 7) is 4.73. The minimum atomic E-state index is 0.432. The van der Waals surface area contributed by atoms with E-state index in [1.807, 2.05) is 0 Å². The second kappa shape index (κ2) is 3.99. The smallest absolute Gasteiger partial charge is 0.0206 e. The molecular formula is C14H26N2. The Labute approximate surface area is 99.6 Å². The van der Waals surface area contributed by atoms with Gasteiger partial charge in [0.25, 0.3) is 0 Å². The summed E-state index contributed by atoms with van der Waals surface area (Å²) in [5.74, 6) is 0.709. The highest BCUT2D eigenvalue weighted by Gasteiger charge is 2.50. The van der Waals surface area contributed by atoms with Gasteiger partial charge in [0, 0.05) is 25.2 Å². The van der Waals surface area contributed by atoms with Gasteiger partial charge in [0.15, 0.2) is 0 Å². The zero-order chi connectivity index (χ0) is 11.2. The summed E-state index contributed by atoms with van der Waals surface area (Å²) in [5, 5.41) is 0. The quantitative estimate of drug-likeness (QED) is 0.738. The Bertz CT molecular complexity index is 247. The van der Waals surface area contributed by atoms with E-state index in [9.17, 15) is 0 Å². The Hall–Kier alpha value is -0.0800. The Morgan fingerprint density at radius 1 is 1.06 bits per heavy atom. The molecule has 0 radical (unpaired) electrons. The lowest BCUT2D eigenvalue weighted by Crippen LogP contribution is -2.55. The van der Waals surface area contributed by atoms with Crippen LogP contribution in [0.3, 0.4) is 0 Å². The summed E-state index contributed by atoms with van der Waals surface area (Å²) >= 11 is 0. The number of nitrogens with two attached hydrogens (primary N) is 1. The molecule has 1 saturated heterocycles. The second-order valence-electron chi connectivity index (χ2n) is 6.57. The molecule has 2 nitrogen and oxygen atoms in total. The third-order valence-electron chi connectivity index (χ3n) is 5.61. The molecule has 3 aliphatic rings. The molecule has 2 aliphatic carbocycles. The van der Waals surface area contributed by atoms with E-state index in [4.69, 9.17) is 5.73 Å². The Morgan fingerprint density at radius 2 is 1.81 bits per heavy atom. The van der Waals surface area contributed by atoms with Gasteiger partial charge < -0.3 is 5.73 Å². The summed E-state index contributed by atoms with van der Waals surface area (Å²) in [5.41, 5.74) is 6.89. The van der Waals surface area contributed by atoms with Crippen LogP contribution in [-0.2, 0) is 0 Å². The highest BCUT2D eigenvalue weighted by molar-refractivity contribution is 5.05. The van der Waals surface area contributed by atoms with Gasteiger partial charge in [0.05, 0.1) is 0 Å². The Kier molecular flexibility index (Phi) is 2.75. The van der Waals surface area contributed by atoms with Gasteiger partial charge in [-0.1, -0.05) is 26.2 Å². The Balaban J connectivity index is 1.67. The van der Waals surface area contributed by atoms with Crippen molar-refractivity contribution in [1.29, 1.82) is 0 Å². The van der Waals surface area contributed by atoms with E-state index in [1.165, 1.54) is 51.5 Å². The van der Waals surface area contributed by atoms with Gasteiger partial charge in [-0.15, -0.1) is 0 Å². The third-order valence-corrected chi connectivity index (χ3v) is 5.61. The first-order chi connectivity index (χ1) is 7.71. The van der Waals surface area contributed by atoms with Gasteiger partial charge in [-0.05, 0) is 37.0 Å². The van der Waals surface area contributed by atoms with E-state index < -0.39 is 0 Å². The van der Waals surface area contributed by atoms with E-state index in [1.54, 1.807) is 0 Å². The average Bonchev–Trinajstić information content (AvgIpc) is 2.58. The molecule has 3 atom stereocenters. The fourth-order valence-corrected chi connectivity index (χ4v) is 4.38. The van der Waals surface area contributed by atoms with Crippen LogP contribution in [0.25, 0.3) is 0 Å². The van der Waals surface area contributed by atoms with E-state index in [0.717, 1.165) is 18.0 Å². The van der Waals surface area contributed by atoms with Gasteiger partial charge in [0.1, 0.15) is 0 Å². The average molecular weight is 222 g/mol.